The largest absolute Gasteiger partial charge is 0.327 e. The summed E-state index contributed by atoms with van der Waals surface area (Å²) in [4.78, 5) is 0. The van der Waals surface area contributed by atoms with Crippen LogP contribution in [0.2, 0.25) is 0 Å². The summed E-state index contributed by atoms with van der Waals surface area (Å²) in [6, 6.07) is 11.5. The fraction of sp³-hybridized carbons (Fsp3) is 0.667. The first kappa shape index (κ1) is 14.5. The van der Waals surface area contributed by atoms with E-state index < -0.39 is 0 Å². The van der Waals surface area contributed by atoms with Crippen LogP contribution in [-0.4, -0.2) is 16.5 Å². The summed E-state index contributed by atoms with van der Waals surface area (Å²) < 4.78 is 0. The molecule has 1 nitrogen and oxygen atoms in total. The van der Waals surface area contributed by atoms with Crippen LogP contribution in [0, 0.1) is 0 Å². The van der Waals surface area contributed by atoms with Gasteiger partial charge in [0.15, 0.2) is 0 Å². The van der Waals surface area contributed by atoms with Crippen LogP contribution in [0.4, 0.5) is 0 Å². The monoisotopic (exact) mass is 289 g/mol. The first-order valence-electron chi connectivity index (χ1n) is 8.29. The maximum atomic E-state index is 6.42. The van der Waals surface area contributed by atoms with E-state index in [1.165, 1.54) is 56.9 Å². The van der Waals surface area contributed by atoms with Gasteiger partial charge >= 0.3 is 0 Å². The van der Waals surface area contributed by atoms with Crippen LogP contribution < -0.4 is 5.73 Å². The first-order valence-corrected chi connectivity index (χ1v) is 9.23. The molecule has 1 aromatic carbocycles. The van der Waals surface area contributed by atoms with Crippen LogP contribution in [0.3, 0.4) is 0 Å². The van der Waals surface area contributed by atoms with Crippen LogP contribution in [0.25, 0.3) is 0 Å². The van der Waals surface area contributed by atoms with Crippen molar-refractivity contribution in [2.75, 3.05) is 0 Å². The third-order valence-corrected chi connectivity index (χ3v) is 6.78. The molecule has 2 saturated carbocycles. The molecule has 0 saturated heterocycles. The van der Waals surface area contributed by atoms with Crippen molar-refractivity contribution in [2.45, 2.75) is 73.8 Å². The van der Waals surface area contributed by atoms with Gasteiger partial charge in [0.2, 0.25) is 0 Å². The van der Waals surface area contributed by atoms with Crippen molar-refractivity contribution in [1.82, 2.24) is 0 Å². The number of hydrogen-bond donors (Lipinski definition) is 1. The van der Waals surface area contributed by atoms with Crippen molar-refractivity contribution < 1.29 is 0 Å². The summed E-state index contributed by atoms with van der Waals surface area (Å²) in [5.41, 5.74) is 7.94. The minimum atomic E-state index is 0.418. The number of nitrogens with two attached hydrogens (primary N) is 1. The fourth-order valence-corrected chi connectivity index (χ4v) is 5.57. The summed E-state index contributed by atoms with van der Waals surface area (Å²) in [6.45, 7) is 0. The van der Waals surface area contributed by atoms with Gasteiger partial charge in [0, 0.05) is 16.5 Å². The van der Waals surface area contributed by atoms with Crippen molar-refractivity contribution in [1.29, 1.82) is 0 Å². The van der Waals surface area contributed by atoms with E-state index in [2.05, 4.69) is 42.1 Å². The van der Waals surface area contributed by atoms with E-state index in [-0.39, 0.29) is 0 Å². The Hall–Kier alpha value is -0.470. The molecule has 0 heterocycles. The quantitative estimate of drug-likeness (QED) is 0.871. The summed E-state index contributed by atoms with van der Waals surface area (Å²) >= 11 is 2.22. The predicted octanol–water partition coefficient (Wildman–Crippen LogP) is 4.72. The van der Waals surface area contributed by atoms with E-state index in [1.54, 1.807) is 0 Å². The molecule has 3 unspecified atom stereocenters. The zero-order valence-electron chi connectivity index (χ0n) is 12.3. The Morgan fingerprint density at radius 1 is 0.900 bits per heavy atom. The lowest BCUT2D eigenvalue weighted by Gasteiger charge is -2.36. The summed E-state index contributed by atoms with van der Waals surface area (Å²) in [5, 5.41) is 1.56. The summed E-state index contributed by atoms with van der Waals surface area (Å²) in [7, 11) is 0. The molecule has 2 aliphatic carbocycles. The second kappa shape index (κ2) is 7.00. The molecule has 1 aromatic rings. The Morgan fingerprint density at radius 2 is 1.65 bits per heavy atom. The van der Waals surface area contributed by atoms with Gasteiger partial charge < -0.3 is 5.73 Å². The van der Waals surface area contributed by atoms with Gasteiger partial charge in [0.05, 0.1) is 0 Å². The zero-order chi connectivity index (χ0) is 13.8. The Balaban J connectivity index is 1.61. The van der Waals surface area contributed by atoms with E-state index in [9.17, 15) is 0 Å². The molecule has 0 radical (unpaired) electrons. The molecule has 0 bridgehead atoms. The Morgan fingerprint density at radius 3 is 2.40 bits per heavy atom. The molecule has 0 spiro atoms. The van der Waals surface area contributed by atoms with Crippen molar-refractivity contribution in [3.05, 3.63) is 35.9 Å². The van der Waals surface area contributed by atoms with Gasteiger partial charge in [0.25, 0.3) is 0 Å². The number of thioether (sulfide) groups is 1. The lowest BCUT2D eigenvalue weighted by molar-refractivity contribution is 0.403. The SMILES string of the molecule is NC1CCC(c2ccccc2)CC1SC1CCCCC1. The molecule has 2 heteroatoms. The minimum Gasteiger partial charge on any atom is -0.327 e. The molecule has 2 fully saturated rings. The summed E-state index contributed by atoms with van der Waals surface area (Å²) in [6.07, 6.45) is 10.9. The lowest BCUT2D eigenvalue weighted by Crippen LogP contribution is -2.39. The maximum Gasteiger partial charge on any atom is 0.0207 e. The van der Waals surface area contributed by atoms with Crippen molar-refractivity contribution in [2.24, 2.45) is 5.73 Å². The standard InChI is InChI=1S/C18H27NS/c19-17-12-11-15(14-7-3-1-4-8-14)13-18(17)20-16-9-5-2-6-10-16/h1,3-4,7-8,15-18H,2,5-6,9-13,19H2. The lowest BCUT2D eigenvalue weighted by atomic mass is 9.82. The molecular weight excluding hydrogens is 262 g/mol. The van der Waals surface area contributed by atoms with E-state index in [4.69, 9.17) is 5.73 Å². The van der Waals surface area contributed by atoms with Crippen molar-refractivity contribution in [3.63, 3.8) is 0 Å². The molecule has 3 rings (SSSR count). The molecule has 3 atom stereocenters. The molecule has 0 amide bonds. The molecule has 2 N–H and O–H groups in total. The fourth-order valence-electron chi connectivity index (χ4n) is 3.79. The topological polar surface area (TPSA) is 26.0 Å². The van der Waals surface area contributed by atoms with Crippen LogP contribution in [0.1, 0.15) is 62.8 Å². The highest BCUT2D eigenvalue weighted by Gasteiger charge is 2.31. The van der Waals surface area contributed by atoms with Crippen LogP contribution in [0.15, 0.2) is 30.3 Å². The molecule has 0 aliphatic heterocycles. The third-order valence-electron chi connectivity index (χ3n) is 5.03. The van der Waals surface area contributed by atoms with Gasteiger partial charge in [-0.25, -0.2) is 0 Å². The van der Waals surface area contributed by atoms with Crippen LogP contribution >= 0.6 is 11.8 Å². The number of rotatable bonds is 3. The maximum absolute atomic E-state index is 6.42. The predicted molar refractivity (Wildman–Crippen MR) is 89.3 cm³/mol. The number of benzene rings is 1. The Bertz CT molecular complexity index is 399. The van der Waals surface area contributed by atoms with E-state index >= 15 is 0 Å². The van der Waals surface area contributed by atoms with Crippen LogP contribution in [-0.2, 0) is 0 Å². The average molecular weight is 289 g/mol. The summed E-state index contributed by atoms with van der Waals surface area (Å²) in [5.74, 6) is 0.733. The molecule has 20 heavy (non-hydrogen) atoms. The Labute approximate surface area is 127 Å². The smallest absolute Gasteiger partial charge is 0.0207 e. The zero-order valence-corrected chi connectivity index (χ0v) is 13.2. The van der Waals surface area contributed by atoms with Gasteiger partial charge in [-0.3, -0.25) is 0 Å². The second-order valence-corrected chi connectivity index (χ2v) is 8.06. The third kappa shape index (κ3) is 3.59. The molecule has 0 aromatic heterocycles. The normalized spacial score (nSPS) is 32.1. The highest BCUT2D eigenvalue weighted by molar-refractivity contribution is 8.00. The van der Waals surface area contributed by atoms with E-state index in [0.717, 1.165) is 11.2 Å². The highest BCUT2D eigenvalue weighted by atomic mass is 32.2. The molecule has 110 valence electrons. The van der Waals surface area contributed by atoms with E-state index in [0.29, 0.717) is 11.3 Å². The van der Waals surface area contributed by atoms with Gasteiger partial charge in [-0.15, -0.1) is 0 Å². The second-order valence-electron chi connectivity index (χ2n) is 6.52. The van der Waals surface area contributed by atoms with Crippen molar-refractivity contribution in [3.8, 4) is 0 Å². The van der Waals surface area contributed by atoms with E-state index in [1.807, 2.05) is 0 Å². The number of hydrogen-bond acceptors (Lipinski definition) is 2. The minimum absolute atomic E-state index is 0.418. The Kier molecular flexibility index (Phi) is 5.06. The average Bonchev–Trinajstić information content (AvgIpc) is 2.51. The van der Waals surface area contributed by atoms with Gasteiger partial charge in [0.1, 0.15) is 0 Å². The van der Waals surface area contributed by atoms with Crippen LogP contribution in [0.5, 0.6) is 0 Å². The van der Waals surface area contributed by atoms with Gasteiger partial charge in [-0.1, -0.05) is 49.6 Å². The first-order chi connectivity index (χ1) is 9.83. The van der Waals surface area contributed by atoms with Crippen molar-refractivity contribution >= 4 is 11.8 Å². The van der Waals surface area contributed by atoms with Gasteiger partial charge in [-0.05, 0) is 43.6 Å². The van der Waals surface area contributed by atoms with Gasteiger partial charge in [-0.2, -0.15) is 11.8 Å². The highest BCUT2D eigenvalue weighted by Crippen LogP contribution is 2.41. The molecule has 2 aliphatic rings. The molecular formula is C18H27NS.